The molecule has 10 heteroatoms. The lowest BCUT2D eigenvalue weighted by atomic mass is 9.96. The van der Waals surface area contributed by atoms with E-state index in [1.165, 1.54) is 11.3 Å². The Hall–Kier alpha value is -2.06. The minimum atomic E-state index is -2.29. The van der Waals surface area contributed by atoms with E-state index in [0.29, 0.717) is 16.0 Å². The fourth-order valence-electron chi connectivity index (χ4n) is 2.66. The largest absolute Gasteiger partial charge is 0.438 e. The molecule has 0 spiro atoms. The first-order valence-electron chi connectivity index (χ1n) is 10.3. The number of benzene rings is 1. The molecule has 0 fully saturated rings. The fourth-order valence-corrected chi connectivity index (χ4v) is 4.55. The topological polar surface area (TPSA) is 97.1 Å². The number of carbonyl (C=O) groups excluding carboxylic acids is 2. The summed E-state index contributed by atoms with van der Waals surface area (Å²) in [6, 6.07) is 6.49. The summed E-state index contributed by atoms with van der Waals surface area (Å²) in [5.41, 5.74) is 4.71. The van der Waals surface area contributed by atoms with Gasteiger partial charge in [-0.2, -0.15) is 0 Å². The second kappa shape index (κ2) is 10.9. The highest BCUT2D eigenvalue weighted by Crippen LogP contribution is 2.55. The number of ether oxygens (including phenoxy) is 1. The van der Waals surface area contributed by atoms with Crippen LogP contribution in [0.25, 0.3) is 10.1 Å². The van der Waals surface area contributed by atoms with E-state index in [9.17, 15) is 9.59 Å². The normalized spacial score (nSPS) is 14.7. The zero-order valence-corrected chi connectivity index (χ0v) is 21.6. The van der Waals surface area contributed by atoms with Crippen molar-refractivity contribution < 1.29 is 32.8 Å². The Bertz CT molecular complexity index is 1020. The van der Waals surface area contributed by atoms with Crippen LogP contribution in [0.3, 0.4) is 0 Å². The van der Waals surface area contributed by atoms with Gasteiger partial charge in [-0.15, -0.1) is 16.0 Å². The molecule has 1 amide bonds. The van der Waals surface area contributed by atoms with Gasteiger partial charge in [0, 0.05) is 4.70 Å². The number of alkyl halides is 1. The standard InChI is InChI=1S/C23H31FNO6PS/c1-14(12-22(2,3)4)30-31-32(29-13-28-21(27)23(5,6)7)19(24)15-8-9-17-16(10-15)11-18(33-17)20(25)26/h8-12,19H,13H2,1-7H3,(H2,25,26)/b14-12-. The molecule has 7 nitrogen and oxygen atoms in total. The van der Waals surface area contributed by atoms with Gasteiger partial charge in [0.15, 0.2) is 12.7 Å². The lowest BCUT2D eigenvalue weighted by Gasteiger charge is -2.22. The summed E-state index contributed by atoms with van der Waals surface area (Å²) in [6.07, 6.45) is 1.83. The predicted octanol–water partition coefficient (Wildman–Crippen LogP) is 6.74. The Morgan fingerprint density at radius 2 is 1.85 bits per heavy atom. The van der Waals surface area contributed by atoms with Gasteiger partial charge in [-0.05, 0) is 68.3 Å². The van der Waals surface area contributed by atoms with Crippen molar-refractivity contribution in [3.63, 3.8) is 0 Å². The molecule has 2 aromatic rings. The first-order chi connectivity index (χ1) is 15.2. The number of primary amides is 1. The van der Waals surface area contributed by atoms with Crippen LogP contribution < -0.4 is 5.73 Å². The summed E-state index contributed by atoms with van der Waals surface area (Å²) in [6.45, 7) is 12.3. The summed E-state index contributed by atoms with van der Waals surface area (Å²) in [7, 11) is -2.29. The summed E-state index contributed by atoms with van der Waals surface area (Å²) in [5.74, 6) is -2.30. The minimum absolute atomic E-state index is 0.170. The Morgan fingerprint density at radius 1 is 1.18 bits per heavy atom. The zero-order valence-electron chi connectivity index (χ0n) is 19.9. The van der Waals surface area contributed by atoms with Gasteiger partial charge in [0.2, 0.25) is 0 Å². The first-order valence-corrected chi connectivity index (χ1v) is 12.3. The van der Waals surface area contributed by atoms with Gasteiger partial charge < -0.3 is 15.4 Å². The molecule has 1 aromatic carbocycles. The molecule has 0 aliphatic rings. The zero-order chi connectivity index (χ0) is 25.0. The van der Waals surface area contributed by atoms with Crippen LogP contribution in [0.1, 0.15) is 69.6 Å². The van der Waals surface area contributed by atoms with E-state index in [4.69, 9.17) is 24.6 Å². The Balaban J connectivity index is 2.21. The average molecular weight is 500 g/mol. The third kappa shape index (κ3) is 8.34. The number of hydrogen-bond donors (Lipinski definition) is 1. The summed E-state index contributed by atoms with van der Waals surface area (Å²) in [4.78, 5) is 29.1. The Morgan fingerprint density at radius 3 is 2.42 bits per heavy atom. The Labute approximate surface area is 198 Å². The molecule has 182 valence electrons. The number of nitrogens with two attached hydrogens (primary N) is 1. The fraction of sp³-hybridized carbons (Fsp3) is 0.478. The van der Waals surface area contributed by atoms with Crippen molar-refractivity contribution in [1.29, 1.82) is 0 Å². The number of amides is 1. The highest BCUT2D eigenvalue weighted by atomic mass is 32.1. The molecule has 1 heterocycles. The summed E-state index contributed by atoms with van der Waals surface area (Å²) in [5, 5.41) is 0.674. The molecule has 0 radical (unpaired) electrons. The molecule has 0 aliphatic carbocycles. The second-order valence-corrected chi connectivity index (χ2v) is 12.1. The van der Waals surface area contributed by atoms with Gasteiger partial charge in [-0.25, -0.2) is 4.39 Å². The molecule has 2 rings (SSSR count). The molecule has 0 aliphatic heterocycles. The van der Waals surface area contributed by atoms with Crippen LogP contribution in [-0.2, 0) is 23.6 Å². The number of hydrogen-bond acceptors (Lipinski definition) is 7. The molecule has 0 saturated carbocycles. The van der Waals surface area contributed by atoms with Crippen molar-refractivity contribution in [1.82, 2.24) is 0 Å². The monoisotopic (exact) mass is 499 g/mol. The van der Waals surface area contributed by atoms with Crippen molar-refractivity contribution in [2.45, 2.75) is 54.4 Å². The highest BCUT2D eigenvalue weighted by Gasteiger charge is 2.30. The summed E-state index contributed by atoms with van der Waals surface area (Å²) < 4.78 is 32.2. The molecule has 1 aromatic heterocycles. The molecule has 33 heavy (non-hydrogen) atoms. The van der Waals surface area contributed by atoms with E-state index in [1.807, 2.05) is 26.8 Å². The minimum Gasteiger partial charge on any atom is -0.438 e. The van der Waals surface area contributed by atoms with Gasteiger partial charge in [-0.1, -0.05) is 26.8 Å². The van der Waals surface area contributed by atoms with E-state index < -0.39 is 38.4 Å². The van der Waals surface area contributed by atoms with Crippen LogP contribution in [0.15, 0.2) is 36.1 Å². The quantitative estimate of drug-likeness (QED) is 0.102. The molecule has 2 unspecified atom stereocenters. The van der Waals surface area contributed by atoms with E-state index in [-0.39, 0.29) is 11.0 Å². The van der Waals surface area contributed by atoms with Crippen LogP contribution in [0.4, 0.5) is 4.39 Å². The maximum absolute atomic E-state index is 15.5. The van der Waals surface area contributed by atoms with E-state index in [0.717, 1.165) is 4.70 Å². The first kappa shape index (κ1) is 27.2. The number of rotatable bonds is 9. The molecular formula is C23H31FNO6PS. The molecular weight excluding hydrogens is 468 g/mol. The van der Waals surface area contributed by atoms with Crippen molar-refractivity contribution >= 4 is 41.7 Å². The van der Waals surface area contributed by atoms with Crippen LogP contribution >= 0.6 is 19.7 Å². The van der Waals surface area contributed by atoms with E-state index >= 15 is 4.39 Å². The molecule has 0 bridgehead atoms. The van der Waals surface area contributed by atoms with Crippen LogP contribution in [0.2, 0.25) is 0 Å². The smallest absolute Gasteiger partial charge is 0.313 e. The van der Waals surface area contributed by atoms with Gasteiger partial charge in [-0.3, -0.25) is 14.1 Å². The summed E-state index contributed by atoms with van der Waals surface area (Å²) >= 11 is 1.23. The number of allylic oxidation sites excluding steroid dienone is 2. The molecule has 2 atom stereocenters. The van der Waals surface area contributed by atoms with Gasteiger partial charge in [0.25, 0.3) is 14.3 Å². The third-order valence-electron chi connectivity index (χ3n) is 4.10. The van der Waals surface area contributed by atoms with Crippen molar-refractivity contribution in [3.05, 3.63) is 46.5 Å². The lowest BCUT2D eigenvalue weighted by Crippen LogP contribution is -2.23. The average Bonchev–Trinajstić information content (AvgIpc) is 3.11. The van der Waals surface area contributed by atoms with E-state index in [2.05, 4.69) is 0 Å². The number of fused-ring (bicyclic) bond motifs is 1. The maximum Gasteiger partial charge on any atom is 0.313 e. The van der Waals surface area contributed by atoms with Gasteiger partial charge >= 0.3 is 5.97 Å². The highest BCUT2D eigenvalue weighted by molar-refractivity contribution is 7.47. The lowest BCUT2D eigenvalue weighted by molar-refractivity contribution is -0.179. The third-order valence-corrected chi connectivity index (χ3v) is 6.48. The second-order valence-electron chi connectivity index (χ2n) is 9.60. The van der Waals surface area contributed by atoms with Crippen LogP contribution in [-0.4, -0.2) is 18.7 Å². The maximum atomic E-state index is 15.5. The van der Waals surface area contributed by atoms with Gasteiger partial charge in [0.1, 0.15) is 5.76 Å². The number of carbonyl (C=O) groups is 2. The van der Waals surface area contributed by atoms with Crippen molar-refractivity contribution in [3.8, 4) is 0 Å². The number of esters is 1. The van der Waals surface area contributed by atoms with Crippen molar-refractivity contribution in [2.75, 3.05) is 6.79 Å². The van der Waals surface area contributed by atoms with Crippen LogP contribution in [0, 0.1) is 10.8 Å². The Kier molecular flexibility index (Phi) is 8.99. The van der Waals surface area contributed by atoms with Crippen LogP contribution in [0.5, 0.6) is 0 Å². The predicted molar refractivity (Wildman–Crippen MR) is 128 cm³/mol. The SMILES string of the molecule is C/C(=C/C(C)(C)C)OOP(OCOC(=O)C(C)(C)C)C(F)c1ccc2sc(C(N)=O)cc2c1. The number of thiophene rings is 1. The number of halogens is 1. The van der Waals surface area contributed by atoms with E-state index in [1.54, 1.807) is 52.0 Å². The molecule has 0 saturated heterocycles. The van der Waals surface area contributed by atoms with Gasteiger partial charge in [0.05, 0.1) is 10.3 Å². The molecule has 2 N–H and O–H groups in total. The van der Waals surface area contributed by atoms with Crippen molar-refractivity contribution in [2.24, 2.45) is 16.6 Å².